The van der Waals surface area contributed by atoms with Crippen LogP contribution in [0, 0.1) is 20.8 Å². The number of hydrogen-bond donors (Lipinski definition) is 0. The van der Waals surface area contributed by atoms with E-state index in [1.165, 1.54) is 0 Å². The number of anilines is 4. The molecule has 1 aliphatic carbocycles. The van der Waals surface area contributed by atoms with Crippen LogP contribution in [0.3, 0.4) is 0 Å². The van der Waals surface area contributed by atoms with Gasteiger partial charge in [-0.25, -0.2) is 9.97 Å². The molecule has 0 N–H and O–H groups in total. The number of benzene rings is 8. The number of rotatable bonds is 7. The normalized spacial score (nSPS) is 13.8. The van der Waals surface area contributed by atoms with Crippen LogP contribution in [-0.4, -0.2) is 21.5 Å². The van der Waals surface area contributed by atoms with E-state index in [-0.39, 0.29) is 17.1 Å². The van der Waals surface area contributed by atoms with E-state index in [0.717, 1.165) is 83.6 Å². The maximum atomic E-state index is 14.0. The Morgan fingerprint density at radius 3 is 1.26 bits per heavy atom. The molecule has 0 saturated carbocycles. The van der Waals surface area contributed by atoms with Gasteiger partial charge in [-0.2, -0.15) is 0 Å². The van der Waals surface area contributed by atoms with Gasteiger partial charge in [0.25, 0.3) is 0 Å². The third-order valence-corrected chi connectivity index (χ3v) is 12.5. The average molecular weight is 839 g/mol. The molecule has 310 valence electrons. The molecule has 2 heterocycles. The highest BCUT2D eigenvalue weighted by atomic mass is 16.2. The molecule has 0 amide bonds. The first-order valence-corrected chi connectivity index (χ1v) is 21.8. The number of aromatic nitrogens is 2. The van der Waals surface area contributed by atoms with Crippen molar-refractivity contribution in [3.05, 3.63) is 239 Å². The van der Waals surface area contributed by atoms with Gasteiger partial charge in [0.2, 0.25) is 0 Å². The lowest BCUT2D eigenvalue weighted by molar-refractivity contribution is 0.0988. The van der Waals surface area contributed by atoms with Crippen molar-refractivity contribution in [3.63, 3.8) is 0 Å². The molecular formula is C59H42N4O2. The molecule has 0 radical (unpaired) electrons. The second-order valence-corrected chi connectivity index (χ2v) is 16.7. The predicted octanol–water partition coefficient (Wildman–Crippen LogP) is 14.4. The summed E-state index contributed by atoms with van der Waals surface area (Å²) in [7, 11) is 0. The van der Waals surface area contributed by atoms with Gasteiger partial charge >= 0.3 is 0 Å². The molecule has 0 unspecified atom stereocenters. The van der Waals surface area contributed by atoms with Crippen LogP contribution in [0.1, 0.15) is 37.4 Å². The summed E-state index contributed by atoms with van der Waals surface area (Å²) >= 11 is 0. The number of hydrogen-bond acceptors (Lipinski definition) is 6. The van der Waals surface area contributed by atoms with Crippen LogP contribution in [0.2, 0.25) is 0 Å². The van der Waals surface area contributed by atoms with E-state index in [9.17, 15) is 9.59 Å². The number of carbonyl (C=O) groups excluding carboxylic acids is 2. The van der Waals surface area contributed by atoms with E-state index < -0.39 is 0 Å². The van der Waals surface area contributed by atoms with Gasteiger partial charge in [-0.15, -0.1) is 0 Å². The summed E-state index contributed by atoms with van der Waals surface area (Å²) in [6, 6.07) is 64.0. The van der Waals surface area contributed by atoms with Crippen molar-refractivity contribution < 1.29 is 9.59 Å². The van der Waals surface area contributed by atoms with Crippen LogP contribution in [0.15, 0.2) is 212 Å². The molecule has 0 saturated heterocycles. The topological polar surface area (TPSA) is 66.4 Å². The Morgan fingerprint density at radius 1 is 0.385 bits per heavy atom. The van der Waals surface area contributed by atoms with Crippen LogP contribution >= 0.6 is 0 Å². The van der Waals surface area contributed by atoms with Crippen LogP contribution in [0.25, 0.3) is 55.5 Å². The molecule has 0 spiro atoms. The Morgan fingerprint density at radius 2 is 0.785 bits per heavy atom. The highest BCUT2D eigenvalue weighted by Gasteiger charge is 2.41. The molecule has 2 aliphatic rings. The summed E-state index contributed by atoms with van der Waals surface area (Å²) < 4.78 is 0. The number of Topliss-reactive ketones (excluding diaryl/α,β-unsaturated/α-hetero) is 2. The maximum Gasteiger partial charge on any atom is 0.197 e. The first-order valence-electron chi connectivity index (χ1n) is 21.8. The molecule has 0 atom stereocenters. The molecule has 6 heteroatoms. The molecule has 1 aromatic heterocycles. The highest BCUT2D eigenvalue weighted by Crippen LogP contribution is 2.54. The van der Waals surface area contributed by atoms with E-state index >= 15 is 0 Å². The van der Waals surface area contributed by atoms with Gasteiger partial charge in [0.1, 0.15) is 5.82 Å². The number of nitrogens with zero attached hydrogens (tertiary/aromatic N) is 4. The molecule has 8 aromatic carbocycles. The lowest BCUT2D eigenvalue weighted by Gasteiger charge is -2.30. The van der Waals surface area contributed by atoms with Crippen molar-refractivity contribution in [2.75, 3.05) is 9.80 Å². The Hall–Kier alpha value is -8.48. The zero-order valence-corrected chi connectivity index (χ0v) is 36.2. The predicted molar refractivity (Wildman–Crippen MR) is 264 cm³/mol. The first-order chi connectivity index (χ1) is 31.8. The largest absolute Gasteiger partial charge is 0.288 e. The minimum absolute atomic E-state index is 0.111. The summed E-state index contributed by atoms with van der Waals surface area (Å²) in [5.41, 5.74) is 15.9. The van der Waals surface area contributed by atoms with E-state index in [2.05, 4.69) is 158 Å². The van der Waals surface area contributed by atoms with E-state index in [4.69, 9.17) is 9.97 Å². The molecule has 6 nitrogen and oxygen atoms in total. The molecule has 0 bridgehead atoms. The van der Waals surface area contributed by atoms with Crippen molar-refractivity contribution in [2.24, 2.45) is 0 Å². The minimum atomic E-state index is -0.293. The monoisotopic (exact) mass is 838 g/mol. The van der Waals surface area contributed by atoms with Crippen molar-refractivity contribution in [1.29, 1.82) is 0 Å². The van der Waals surface area contributed by atoms with E-state index in [0.29, 0.717) is 28.6 Å². The molecule has 65 heavy (non-hydrogen) atoms. The number of para-hydroxylation sites is 3. The van der Waals surface area contributed by atoms with Gasteiger partial charge in [0.05, 0.1) is 28.0 Å². The summed E-state index contributed by atoms with van der Waals surface area (Å²) in [5.74, 6) is 1.34. The van der Waals surface area contributed by atoms with Crippen LogP contribution < -0.4 is 9.80 Å². The SMILES string of the molecule is Cc1cc(-c2ccc(-c3ccccc3)cc2)c(N2/C(=C/C=C3C(=O)c4ccccc4C3=O)N(c3c(C)cccc3C)c3nc4ccccc4nc32)c(-c2ccc(-c3ccccc3)cc2)c1. The van der Waals surface area contributed by atoms with Gasteiger partial charge in [0, 0.05) is 22.3 Å². The van der Waals surface area contributed by atoms with Gasteiger partial charge in [0.15, 0.2) is 23.2 Å². The number of fused-ring (bicyclic) bond motifs is 3. The van der Waals surface area contributed by atoms with Crippen LogP contribution in [-0.2, 0) is 0 Å². The summed E-state index contributed by atoms with van der Waals surface area (Å²) in [6.07, 6.45) is 3.59. The Balaban J connectivity index is 1.22. The molecule has 9 aromatic rings. The highest BCUT2D eigenvalue weighted by molar-refractivity contribution is 6.39. The zero-order chi connectivity index (χ0) is 44.2. The molecular weight excluding hydrogens is 797 g/mol. The lowest BCUT2D eigenvalue weighted by Crippen LogP contribution is -2.24. The second-order valence-electron chi connectivity index (χ2n) is 16.7. The Labute approximate surface area is 378 Å². The van der Waals surface area contributed by atoms with Crippen molar-refractivity contribution >= 4 is 45.6 Å². The second kappa shape index (κ2) is 16.0. The third-order valence-electron chi connectivity index (χ3n) is 12.5. The molecule has 0 fully saturated rings. The fourth-order valence-corrected chi connectivity index (χ4v) is 9.33. The van der Waals surface area contributed by atoms with E-state index in [1.807, 2.05) is 42.5 Å². The average Bonchev–Trinajstić information content (AvgIpc) is 3.78. The van der Waals surface area contributed by atoms with Crippen molar-refractivity contribution in [2.45, 2.75) is 20.8 Å². The van der Waals surface area contributed by atoms with E-state index in [1.54, 1.807) is 30.3 Å². The number of aryl methyl sites for hydroxylation is 3. The smallest absolute Gasteiger partial charge is 0.197 e. The lowest BCUT2D eigenvalue weighted by atomic mass is 9.91. The third kappa shape index (κ3) is 6.84. The van der Waals surface area contributed by atoms with Crippen LogP contribution in [0.5, 0.6) is 0 Å². The molecule has 11 rings (SSSR count). The first kappa shape index (κ1) is 39.4. The quantitative estimate of drug-likeness (QED) is 0.118. The maximum absolute atomic E-state index is 14.0. The minimum Gasteiger partial charge on any atom is -0.288 e. The number of ketones is 2. The number of allylic oxidation sites excluding steroid dienone is 3. The van der Waals surface area contributed by atoms with Crippen LogP contribution in [0.4, 0.5) is 23.0 Å². The zero-order valence-electron chi connectivity index (χ0n) is 36.2. The number of carbonyl (C=O) groups is 2. The van der Waals surface area contributed by atoms with Crippen molar-refractivity contribution in [3.8, 4) is 44.5 Å². The summed E-state index contributed by atoms with van der Waals surface area (Å²) in [4.78, 5) is 43.2. The summed E-state index contributed by atoms with van der Waals surface area (Å²) in [5, 5.41) is 0. The van der Waals surface area contributed by atoms with Gasteiger partial charge in [-0.3, -0.25) is 19.4 Å². The Bertz CT molecular complexity index is 3270. The van der Waals surface area contributed by atoms with Gasteiger partial charge < -0.3 is 0 Å². The van der Waals surface area contributed by atoms with Crippen molar-refractivity contribution in [1.82, 2.24) is 9.97 Å². The standard InChI is InChI=1S/C59H42N4O2/c1-37-35-49(44-29-25-42(26-30-44)40-17-6-4-7-18-40)55(50(36-37)45-31-27-43(28-32-45)41-19-8-5-9-20-41)63-53(34-33-48-56(64)46-21-10-11-22-47(46)57(48)65)62(54-38(2)15-14-16-39(54)3)58-59(63)61-52-24-13-12-23-51(52)60-58/h4-36H,1-3H3/b53-34+. The summed E-state index contributed by atoms with van der Waals surface area (Å²) in [6.45, 7) is 6.33. The fraction of sp³-hybridized carbons (Fsp3) is 0.0508. The molecule has 1 aliphatic heterocycles. The van der Waals surface area contributed by atoms with Gasteiger partial charge in [-0.05, 0) is 107 Å². The fourth-order valence-electron chi connectivity index (χ4n) is 9.33. The Kier molecular flexibility index (Phi) is 9.70. The van der Waals surface area contributed by atoms with Gasteiger partial charge in [-0.1, -0.05) is 164 Å².